The van der Waals surface area contributed by atoms with Gasteiger partial charge in [-0.1, -0.05) is 139 Å². The summed E-state index contributed by atoms with van der Waals surface area (Å²) in [6.07, 6.45) is 68.7. The van der Waals surface area contributed by atoms with Crippen molar-refractivity contribution in [2.24, 2.45) is 0 Å². The normalized spacial score (nSPS) is 8.33. The molecule has 24 heterocycles. The molecule has 24 aromatic heterocycles. The maximum atomic E-state index is 5.12. The van der Waals surface area contributed by atoms with Gasteiger partial charge in [0.2, 0.25) is 0 Å². The Morgan fingerprint density at radius 2 is 0.869 bits per heavy atom. The predicted octanol–water partition coefficient (Wildman–Crippen LogP) is 27.0. The molecule has 27 rings (SSSR count). The largest absolute Gasteiger partial charge is 0.473 e. The first-order valence-corrected chi connectivity index (χ1v) is 44.2. The van der Waals surface area contributed by atoms with Crippen LogP contribution in [0.1, 0.15) is 66.8 Å². The number of hydrogen-bond acceptors (Lipinski definition) is 36. The molecule has 0 aliphatic carbocycles. The number of oxazole rings is 1. The average molecular weight is 2050 g/mol. The molecule has 0 spiro atoms. The third-order valence-electron chi connectivity index (χ3n) is 14.1. The van der Waals surface area contributed by atoms with Crippen molar-refractivity contribution in [3.05, 3.63) is 506 Å². The van der Waals surface area contributed by atoms with Gasteiger partial charge < -0.3 is 37.7 Å². The molecule has 145 heavy (non-hydrogen) atoms. The number of fused-ring (bicyclic) bond motifs is 6. The van der Waals surface area contributed by atoms with Gasteiger partial charge in [-0.15, -0.1) is 59.5 Å². The number of aromatic nitrogens is 32. The number of thiophene rings is 3. The van der Waals surface area contributed by atoms with Crippen molar-refractivity contribution in [1.29, 1.82) is 0 Å². The molecule has 0 fully saturated rings. The Morgan fingerprint density at radius 1 is 0.276 bits per heavy atom. The van der Waals surface area contributed by atoms with E-state index in [4.69, 9.17) is 4.42 Å². The number of benzene rings is 3. The molecule has 0 saturated heterocycles. The third kappa shape index (κ3) is 69.9. The van der Waals surface area contributed by atoms with E-state index in [1.807, 2.05) is 210 Å². The predicted molar refractivity (Wildman–Crippen MR) is 592 cm³/mol. The number of furan rings is 2. The molecule has 0 aliphatic heterocycles. The van der Waals surface area contributed by atoms with Crippen LogP contribution in [0.5, 0.6) is 0 Å². The number of rotatable bonds is 0. The molecule has 41 heteroatoms. The lowest BCUT2D eigenvalue weighted by Gasteiger charge is -1.99. The van der Waals surface area contributed by atoms with Crippen LogP contribution >= 0.6 is 56.9 Å². The highest BCUT2D eigenvalue weighted by Crippen LogP contribution is 2.25. The van der Waals surface area contributed by atoms with E-state index in [0.717, 1.165) is 43.8 Å². The van der Waals surface area contributed by atoms with Crippen molar-refractivity contribution in [3.8, 4) is 0 Å². The number of H-pyrrole nitrogens is 5. The fourth-order valence-corrected chi connectivity index (χ4v) is 11.5. The molecule has 0 bridgehead atoms. The minimum absolute atomic E-state index is 0. The van der Waals surface area contributed by atoms with Crippen LogP contribution in [0.3, 0.4) is 0 Å². The lowest BCUT2D eigenvalue weighted by Crippen LogP contribution is -1.83. The van der Waals surface area contributed by atoms with Crippen LogP contribution < -0.4 is 0 Å². The van der Waals surface area contributed by atoms with E-state index < -0.39 is 0 Å². The van der Waals surface area contributed by atoms with E-state index >= 15 is 0 Å². The monoisotopic (exact) mass is 2040 g/mol. The van der Waals surface area contributed by atoms with E-state index in [1.54, 1.807) is 225 Å². The van der Waals surface area contributed by atoms with Gasteiger partial charge in [0.25, 0.3) is 0 Å². The quantitative estimate of drug-likeness (QED) is 0.0880. The second-order valence-electron chi connectivity index (χ2n) is 23.4. The van der Waals surface area contributed by atoms with Crippen molar-refractivity contribution in [3.63, 3.8) is 0 Å². The highest BCUT2D eigenvalue weighted by molar-refractivity contribution is 7.25. The smallest absolute Gasteiger partial charge is 0.180 e. The Kier molecular flexibility index (Phi) is 87.6. The molecule has 3 aromatic carbocycles. The molecular weight excluding hydrogens is 1920 g/mol. The van der Waals surface area contributed by atoms with E-state index in [1.165, 1.54) is 101 Å². The molecule has 36 nitrogen and oxygen atoms in total. The molecule has 0 atom stereocenters. The fraction of sp³-hybridized carbons (Fsp3) is 0.0865. The zero-order valence-corrected chi connectivity index (χ0v) is 76.3. The highest BCUT2D eigenvalue weighted by atomic mass is 32.1. The molecule has 5 N–H and O–H groups in total. The van der Waals surface area contributed by atoms with Gasteiger partial charge in [-0.2, -0.15) is 31.7 Å². The van der Waals surface area contributed by atoms with Crippen molar-refractivity contribution in [1.82, 2.24) is 160 Å². The first-order valence-electron chi connectivity index (χ1n) is 39.7. The molecular formula is C104H124N32O4S5. The van der Waals surface area contributed by atoms with Gasteiger partial charge in [0, 0.05) is 191 Å². The molecule has 0 saturated carbocycles. The molecule has 0 unspecified atom stereocenters. The van der Waals surface area contributed by atoms with Gasteiger partial charge in [-0.05, 0) is 178 Å². The lowest BCUT2D eigenvalue weighted by atomic mass is 10.2. The summed E-state index contributed by atoms with van der Waals surface area (Å²) < 4.78 is 25.1. The zero-order valence-electron chi connectivity index (χ0n) is 72.2. The summed E-state index contributed by atoms with van der Waals surface area (Å²) in [6.45, 7) is 0. The zero-order chi connectivity index (χ0) is 94.6. The standard InChI is InChI=1S/C11H7N3.C8H7N.C8H6O.C7H6N2.C6H4S2.C5H5N.3C4H4N2.C4H5N.C4H4O.C4H4S.2C3H3N3.2C3H4N2.2C3H3NO.2C3H3NS.C2H2N4.9CH4/c1-3-12-6-8-5-9-7-13-4-2-11(9)14-10(1)8;2*1-2-4-8-7(3-1)5-6-9-8;1-2-4-7-6(3-1)8-5-9-7;1-3-7-6-2-4-8-5(1)6;1-2-4-6-5-3-1;1-2-6-4-3-5-1;1-2-5-4-6-3-1;1-2-4-6-5-3-1;3*1-2-4-5-3-1;1-4-2-6-3-5-1;1-2-5-6-3-4-1;1-2-5-3-4-1;1-2-4-5-3-1;1-2-5-3-4-1;1-2-4-5-3-1;1-2-5-3-4-1;1-2-4-5-3-1;1-3-5-2-6-4-1;;;;;;;;;/h1-7H;1-6,9H;1-6H;1-5H,(H,8,9);1-4H;1-5H;3*1-4H;1-5H;2*1-4H;2*1-3H;2*1-3H,(H,4,5);4*1-3H;1-2H;9*1H4. The number of aromatic amines is 5. The maximum absolute atomic E-state index is 5.12. The van der Waals surface area contributed by atoms with Gasteiger partial charge in [0.15, 0.2) is 19.0 Å². The Balaban J connectivity index is -0.00000147. The summed E-state index contributed by atoms with van der Waals surface area (Å²) in [6, 6.07) is 66.5. The van der Waals surface area contributed by atoms with Crippen LogP contribution in [0.15, 0.2) is 524 Å². The maximum Gasteiger partial charge on any atom is 0.180 e. The van der Waals surface area contributed by atoms with Crippen molar-refractivity contribution in [2.75, 3.05) is 0 Å². The summed E-state index contributed by atoms with van der Waals surface area (Å²) in [4.78, 5) is 72.3. The minimum atomic E-state index is 0. The van der Waals surface area contributed by atoms with E-state index in [-0.39, 0.29) is 66.8 Å². The van der Waals surface area contributed by atoms with Crippen LogP contribution in [0.2, 0.25) is 0 Å². The van der Waals surface area contributed by atoms with E-state index in [0.29, 0.717) is 0 Å². The van der Waals surface area contributed by atoms with Crippen molar-refractivity contribution < 1.29 is 17.8 Å². The topological polar surface area (TPSA) is 480 Å². The number of pyridine rings is 4. The second kappa shape index (κ2) is 97.2. The van der Waals surface area contributed by atoms with Crippen LogP contribution in [-0.4, -0.2) is 160 Å². The Labute approximate surface area is 865 Å². The Morgan fingerprint density at radius 3 is 1.21 bits per heavy atom. The van der Waals surface area contributed by atoms with Gasteiger partial charge in [0.1, 0.15) is 49.7 Å². The Bertz CT molecular complexity index is 5360. The van der Waals surface area contributed by atoms with Crippen molar-refractivity contribution in [2.45, 2.75) is 66.8 Å². The Hall–Kier alpha value is -18.4. The molecule has 0 aliphatic rings. The average Bonchev–Trinajstić information content (AvgIpc) is 1.52. The number of hydrogen-bond donors (Lipinski definition) is 5. The minimum Gasteiger partial charge on any atom is -0.473 e. The third-order valence-corrected chi connectivity index (χ3v) is 17.7. The van der Waals surface area contributed by atoms with E-state index in [2.05, 4.69) is 221 Å². The number of nitrogens with zero attached hydrogens (tertiary/aromatic N) is 27. The SMILES string of the molecule is C.C.C.C.C.C.C.C.C.c1c[nH]cn1.c1cc2nc3ccncc3cc2cn1.c1cc2sccc2s1.c1cc[nH]c1.c1ccc2[nH]ccc2c1.c1ccc2[nH]cnc2c1.c1ccc2occc2c1.c1ccncc1.c1ccnnc1.c1ccoc1.c1ccsc1.c1cn[nH]c1.c1cnccn1.c1cncnc1.c1cnncn1.c1cnoc1.c1cnsc1.c1cocn1.c1cscn1.c1ncncn1.c1nncnn1. The number of para-hydroxylation sites is 4. The van der Waals surface area contributed by atoms with Crippen LogP contribution in [0, 0.1) is 0 Å². The summed E-state index contributed by atoms with van der Waals surface area (Å²) in [5, 5.41) is 53.7. The van der Waals surface area contributed by atoms with E-state index in [9.17, 15) is 0 Å². The highest BCUT2D eigenvalue weighted by Gasteiger charge is 1.99. The van der Waals surface area contributed by atoms with Crippen LogP contribution in [-0.2, 0) is 0 Å². The summed E-state index contributed by atoms with van der Waals surface area (Å²) >= 11 is 8.39. The van der Waals surface area contributed by atoms with Crippen molar-refractivity contribution >= 4 is 121 Å². The summed E-state index contributed by atoms with van der Waals surface area (Å²) in [7, 11) is 0. The molecule has 0 radical (unpaired) electrons. The first kappa shape index (κ1) is 131. The number of nitrogens with one attached hydrogen (secondary N) is 5. The first-order chi connectivity index (χ1) is 67.8. The summed E-state index contributed by atoms with van der Waals surface area (Å²) in [5.41, 5.74) is 8.02. The molecule has 27 aromatic rings. The van der Waals surface area contributed by atoms with Crippen LogP contribution in [0.4, 0.5) is 0 Å². The lowest BCUT2D eigenvalue weighted by molar-refractivity contribution is 0.420. The second-order valence-corrected chi connectivity index (χ2v) is 27.5. The fourth-order valence-electron chi connectivity index (χ4n) is 8.51. The van der Waals surface area contributed by atoms with Crippen LogP contribution in [0.25, 0.3) is 64.1 Å². The molecule has 754 valence electrons. The number of imidazole rings is 2. The summed E-state index contributed by atoms with van der Waals surface area (Å²) in [5.74, 6) is 0. The van der Waals surface area contributed by atoms with Gasteiger partial charge >= 0.3 is 0 Å². The number of thiazole rings is 1. The van der Waals surface area contributed by atoms with Gasteiger partial charge in [0.05, 0.1) is 77.6 Å². The van der Waals surface area contributed by atoms with Gasteiger partial charge in [-0.3, -0.25) is 35.0 Å². The molecule has 0 amide bonds. The van der Waals surface area contributed by atoms with Gasteiger partial charge in [-0.25, -0.2) is 54.2 Å².